The van der Waals surface area contributed by atoms with Gasteiger partial charge in [-0.3, -0.25) is 4.79 Å². The lowest BCUT2D eigenvalue weighted by molar-refractivity contribution is -0.124. The maximum Gasteiger partial charge on any atom is 0.239 e. The van der Waals surface area contributed by atoms with Gasteiger partial charge < -0.3 is 20.7 Å². The second-order valence-electron chi connectivity index (χ2n) is 5.63. The molecular weight excluding hydrogens is 268 g/mol. The molecule has 6 nitrogen and oxygen atoms in total. The first kappa shape index (κ1) is 15.4. The highest BCUT2D eigenvalue weighted by Crippen LogP contribution is 2.27. The number of aromatic nitrogens is 1. The number of anilines is 2. The fourth-order valence-corrected chi connectivity index (χ4v) is 2.54. The molecule has 2 rings (SSSR count). The van der Waals surface area contributed by atoms with E-state index in [0.29, 0.717) is 18.1 Å². The van der Waals surface area contributed by atoms with Gasteiger partial charge in [-0.1, -0.05) is 0 Å². The number of nitrogens with zero attached hydrogens (tertiary/aromatic N) is 2. The van der Waals surface area contributed by atoms with Crippen LogP contribution in [0.3, 0.4) is 0 Å². The lowest BCUT2D eigenvalue weighted by atomic mass is 9.97. The molecule has 6 heteroatoms. The van der Waals surface area contributed by atoms with Crippen molar-refractivity contribution in [3.05, 3.63) is 12.1 Å². The molecule has 0 radical (unpaired) electrons. The Morgan fingerprint density at radius 3 is 2.95 bits per heavy atom. The number of piperidine rings is 1. The van der Waals surface area contributed by atoms with Gasteiger partial charge in [0.2, 0.25) is 11.8 Å². The SMILES string of the molecule is CNC(=O)C1CCCN(c2ccc(N)c(OC(C)C)n2)C1. The van der Waals surface area contributed by atoms with Crippen molar-refractivity contribution >= 4 is 17.4 Å². The van der Waals surface area contributed by atoms with E-state index in [4.69, 9.17) is 10.5 Å². The summed E-state index contributed by atoms with van der Waals surface area (Å²) in [5.41, 5.74) is 6.43. The maximum atomic E-state index is 11.8. The average molecular weight is 292 g/mol. The third-order valence-electron chi connectivity index (χ3n) is 3.58. The minimum atomic E-state index is 0.0116. The molecule has 1 aliphatic rings. The van der Waals surface area contributed by atoms with Crippen LogP contribution in [0.25, 0.3) is 0 Å². The third kappa shape index (κ3) is 3.77. The van der Waals surface area contributed by atoms with Crippen molar-refractivity contribution in [1.29, 1.82) is 0 Å². The number of amides is 1. The Morgan fingerprint density at radius 1 is 1.52 bits per heavy atom. The monoisotopic (exact) mass is 292 g/mol. The summed E-state index contributed by atoms with van der Waals surface area (Å²) in [6, 6.07) is 3.69. The number of rotatable bonds is 4. The van der Waals surface area contributed by atoms with Crippen LogP contribution in [0.15, 0.2) is 12.1 Å². The molecule has 1 aromatic rings. The molecule has 1 atom stereocenters. The molecule has 1 fully saturated rings. The van der Waals surface area contributed by atoms with Crippen molar-refractivity contribution in [2.24, 2.45) is 5.92 Å². The number of ether oxygens (including phenoxy) is 1. The van der Waals surface area contributed by atoms with Gasteiger partial charge in [0.25, 0.3) is 0 Å². The number of nitrogens with two attached hydrogens (primary N) is 1. The lowest BCUT2D eigenvalue weighted by Crippen LogP contribution is -2.42. The van der Waals surface area contributed by atoms with E-state index in [0.717, 1.165) is 25.2 Å². The van der Waals surface area contributed by atoms with E-state index < -0.39 is 0 Å². The molecular formula is C15H24N4O2. The third-order valence-corrected chi connectivity index (χ3v) is 3.58. The second-order valence-corrected chi connectivity index (χ2v) is 5.63. The van der Waals surface area contributed by atoms with E-state index in [1.54, 1.807) is 7.05 Å². The molecule has 0 saturated carbocycles. The number of hydrogen-bond acceptors (Lipinski definition) is 5. The largest absolute Gasteiger partial charge is 0.473 e. The fourth-order valence-electron chi connectivity index (χ4n) is 2.54. The highest BCUT2D eigenvalue weighted by molar-refractivity contribution is 5.79. The highest BCUT2D eigenvalue weighted by atomic mass is 16.5. The van der Waals surface area contributed by atoms with Crippen molar-refractivity contribution < 1.29 is 9.53 Å². The fraction of sp³-hybridized carbons (Fsp3) is 0.600. The van der Waals surface area contributed by atoms with E-state index in [1.165, 1.54) is 0 Å². The molecule has 2 heterocycles. The molecule has 0 bridgehead atoms. The Hall–Kier alpha value is -1.98. The van der Waals surface area contributed by atoms with Gasteiger partial charge in [-0.05, 0) is 38.8 Å². The van der Waals surface area contributed by atoms with Gasteiger partial charge >= 0.3 is 0 Å². The molecule has 0 aliphatic carbocycles. The van der Waals surface area contributed by atoms with Crippen LogP contribution in [0.4, 0.5) is 11.5 Å². The van der Waals surface area contributed by atoms with Crippen LogP contribution in [0, 0.1) is 5.92 Å². The molecule has 1 aliphatic heterocycles. The van der Waals surface area contributed by atoms with Gasteiger partial charge in [-0.2, -0.15) is 4.98 Å². The Bertz CT molecular complexity index is 504. The summed E-state index contributed by atoms with van der Waals surface area (Å²) in [7, 11) is 1.68. The van der Waals surface area contributed by atoms with E-state index in [2.05, 4.69) is 15.2 Å². The Labute approximate surface area is 125 Å². The lowest BCUT2D eigenvalue weighted by Gasteiger charge is -2.32. The van der Waals surface area contributed by atoms with Crippen LogP contribution in [0.5, 0.6) is 5.88 Å². The zero-order valence-electron chi connectivity index (χ0n) is 12.9. The van der Waals surface area contributed by atoms with Gasteiger partial charge in [0.15, 0.2) is 0 Å². The van der Waals surface area contributed by atoms with Crippen molar-refractivity contribution in [3.63, 3.8) is 0 Å². The molecule has 21 heavy (non-hydrogen) atoms. The minimum Gasteiger partial charge on any atom is -0.473 e. The quantitative estimate of drug-likeness (QED) is 0.877. The smallest absolute Gasteiger partial charge is 0.239 e. The van der Waals surface area contributed by atoms with Crippen molar-refractivity contribution in [2.75, 3.05) is 30.8 Å². The van der Waals surface area contributed by atoms with Crippen molar-refractivity contribution in [3.8, 4) is 5.88 Å². The molecule has 116 valence electrons. The molecule has 1 saturated heterocycles. The first-order chi connectivity index (χ1) is 10.0. The van der Waals surface area contributed by atoms with Gasteiger partial charge in [-0.15, -0.1) is 0 Å². The highest BCUT2D eigenvalue weighted by Gasteiger charge is 2.26. The number of pyridine rings is 1. The Morgan fingerprint density at radius 2 is 2.29 bits per heavy atom. The molecule has 1 aromatic heterocycles. The summed E-state index contributed by atoms with van der Waals surface area (Å²) >= 11 is 0. The zero-order valence-corrected chi connectivity index (χ0v) is 12.9. The van der Waals surface area contributed by atoms with E-state index in [-0.39, 0.29) is 17.9 Å². The predicted octanol–water partition coefficient (Wildman–Crippen LogP) is 1.41. The van der Waals surface area contributed by atoms with Crippen LogP contribution < -0.4 is 20.7 Å². The molecule has 0 aromatic carbocycles. The minimum absolute atomic E-state index is 0.0116. The number of nitrogen functional groups attached to an aromatic ring is 1. The van der Waals surface area contributed by atoms with Crippen LogP contribution >= 0.6 is 0 Å². The summed E-state index contributed by atoms with van der Waals surface area (Å²) in [5.74, 6) is 1.38. The first-order valence-electron chi connectivity index (χ1n) is 7.41. The zero-order chi connectivity index (χ0) is 15.4. The van der Waals surface area contributed by atoms with Crippen LogP contribution in [0.2, 0.25) is 0 Å². The molecule has 1 amide bonds. The second kappa shape index (κ2) is 6.65. The summed E-state index contributed by atoms with van der Waals surface area (Å²) in [4.78, 5) is 18.4. The van der Waals surface area contributed by atoms with Gasteiger partial charge in [-0.25, -0.2) is 0 Å². The summed E-state index contributed by atoms with van der Waals surface area (Å²) < 4.78 is 5.63. The topological polar surface area (TPSA) is 80.5 Å². The van der Waals surface area contributed by atoms with Crippen LogP contribution in [-0.4, -0.2) is 37.1 Å². The predicted molar refractivity (Wildman–Crippen MR) is 83.4 cm³/mol. The van der Waals surface area contributed by atoms with Gasteiger partial charge in [0.1, 0.15) is 5.82 Å². The normalized spacial score (nSPS) is 18.7. The van der Waals surface area contributed by atoms with E-state index >= 15 is 0 Å². The molecule has 0 spiro atoms. The van der Waals surface area contributed by atoms with Crippen molar-refractivity contribution in [2.45, 2.75) is 32.8 Å². The molecule has 3 N–H and O–H groups in total. The standard InChI is InChI=1S/C15H24N4O2/c1-10(2)21-15-12(16)6-7-13(18-15)19-8-4-5-11(9-19)14(20)17-3/h6-7,10-11H,4-5,8-9,16H2,1-3H3,(H,17,20). The van der Waals surface area contributed by atoms with Crippen LogP contribution in [-0.2, 0) is 4.79 Å². The first-order valence-corrected chi connectivity index (χ1v) is 7.41. The Balaban J connectivity index is 2.15. The summed E-state index contributed by atoms with van der Waals surface area (Å²) in [5, 5.41) is 2.72. The van der Waals surface area contributed by atoms with E-state index in [9.17, 15) is 4.79 Å². The maximum absolute atomic E-state index is 11.8. The van der Waals surface area contributed by atoms with Gasteiger partial charge in [0.05, 0.1) is 17.7 Å². The summed E-state index contributed by atoms with van der Waals surface area (Å²) in [6.07, 6.45) is 1.92. The van der Waals surface area contributed by atoms with Crippen molar-refractivity contribution in [1.82, 2.24) is 10.3 Å². The number of nitrogens with one attached hydrogen (secondary N) is 1. The van der Waals surface area contributed by atoms with E-state index in [1.807, 2.05) is 26.0 Å². The Kier molecular flexibility index (Phi) is 4.88. The number of hydrogen-bond donors (Lipinski definition) is 2. The number of carbonyl (C=O) groups is 1. The number of carbonyl (C=O) groups excluding carboxylic acids is 1. The van der Waals surface area contributed by atoms with Gasteiger partial charge in [0, 0.05) is 20.1 Å². The van der Waals surface area contributed by atoms with Crippen LogP contribution in [0.1, 0.15) is 26.7 Å². The average Bonchev–Trinajstić information content (AvgIpc) is 2.48. The summed E-state index contributed by atoms with van der Waals surface area (Å²) in [6.45, 7) is 5.45. The molecule has 1 unspecified atom stereocenters.